The molecule has 1 atom stereocenters. The maximum atomic E-state index is 13.7. The molecule has 1 aliphatic heterocycles. The summed E-state index contributed by atoms with van der Waals surface area (Å²) in [7, 11) is 1.91. The average Bonchev–Trinajstić information content (AvgIpc) is 2.78. The van der Waals surface area contributed by atoms with Gasteiger partial charge in [0.2, 0.25) is 5.91 Å². The Balaban J connectivity index is 1.84. The zero-order chi connectivity index (χ0) is 15.4. The van der Waals surface area contributed by atoms with Gasteiger partial charge in [0.25, 0.3) is 0 Å². The molecule has 1 N–H and O–H groups in total. The molecule has 3 amide bonds. The first-order valence-electron chi connectivity index (χ1n) is 7.03. The summed E-state index contributed by atoms with van der Waals surface area (Å²) in [4.78, 5) is 26.1. The average molecular weight is 293 g/mol. The number of hydrogen-bond donors (Lipinski definition) is 1. The molecule has 0 bridgehead atoms. The molecule has 114 valence electrons. The molecule has 6 heteroatoms. The number of hydrogen-bond acceptors (Lipinski definition) is 3. The van der Waals surface area contributed by atoms with E-state index in [1.165, 1.54) is 11.0 Å². The van der Waals surface area contributed by atoms with E-state index in [0.717, 1.165) is 0 Å². The lowest BCUT2D eigenvalue weighted by Gasteiger charge is -2.26. The highest BCUT2D eigenvalue weighted by atomic mass is 19.1. The standard InChI is InChI=1S/C15H20FN3O2/c1-11(12-6-3-4-7-13(12)16)18(2)8-5-9-19-14(20)10-17-15(19)21/h3-4,6-7,11H,5,8-10H2,1-2H3,(H,17,21). The monoisotopic (exact) mass is 293 g/mol. The van der Waals surface area contributed by atoms with Crippen LogP contribution in [0.2, 0.25) is 0 Å². The van der Waals surface area contributed by atoms with Crippen molar-refractivity contribution in [3.63, 3.8) is 0 Å². The molecule has 0 radical (unpaired) electrons. The van der Waals surface area contributed by atoms with Crippen LogP contribution in [0.4, 0.5) is 9.18 Å². The number of urea groups is 1. The van der Waals surface area contributed by atoms with E-state index in [-0.39, 0.29) is 30.3 Å². The smallest absolute Gasteiger partial charge is 0.324 e. The van der Waals surface area contributed by atoms with Crippen LogP contribution in [0.5, 0.6) is 0 Å². The fraction of sp³-hybridized carbons (Fsp3) is 0.467. The van der Waals surface area contributed by atoms with E-state index >= 15 is 0 Å². The lowest BCUT2D eigenvalue weighted by Crippen LogP contribution is -2.34. The first kappa shape index (κ1) is 15.4. The summed E-state index contributed by atoms with van der Waals surface area (Å²) in [5, 5.41) is 2.49. The number of benzene rings is 1. The summed E-state index contributed by atoms with van der Waals surface area (Å²) in [6, 6.07) is 6.32. The highest BCUT2D eigenvalue weighted by Crippen LogP contribution is 2.21. The Bertz CT molecular complexity index is 519. The van der Waals surface area contributed by atoms with Crippen LogP contribution in [-0.4, -0.2) is 48.4 Å². The van der Waals surface area contributed by atoms with Gasteiger partial charge >= 0.3 is 6.03 Å². The van der Waals surface area contributed by atoms with Crippen molar-refractivity contribution in [3.8, 4) is 0 Å². The van der Waals surface area contributed by atoms with E-state index in [2.05, 4.69) is 5.32 Å². The fourth-order valence-corrected chi connectivity index (χ4v) is 2.40. The molecular formula is C15H20FN3O2. The predicted molar refractivity (Wildman–Crippen MR) is 77.2 cm³/mol. The lowest BCUT2D eigenvalue weighted by molar-refractivity contribution is -0.125. The number of rotatable bonds is 6. The number of carbonyl (C=O) groups is 2. The van der Waals surface area contributed by atoms with Crippen molar-refractivity contribution in [2.75, 3.05) is 26.7 Å². The van der Waals surface area contributed by atoms with Gasteiger partial charge in [-0.1, -0.05) is 18.2 Å². The second-order valence-corrected chi connectivity index (χ2v) is 5.24. The molecule has 2 rings (SSSR count). The van der Waals surface area contributed by atoms with Gasteiger partial charge in [-0.2, -0.15) is 0 Å². The van der Waals surface area contributed by atoms with Crippen molar-refractivity contribution in [2.45, 2.75) is 19.4 Å². The van der Waals surface area contributed by atoms with Crippen molar-refractivity contribution in [2.24, 2.45) is 0 Å². The first-order chi connectivity index (χ1) is 10.0. The number of nitrogens with zero attached hydrogens (tertiary/aromatic N) is 2. The molecule has 5 nitrogen and oxygen atoms in total. The molecule has 1 aromatic carbocycles. The van der Waals surface area contributed by atoms with Crippen LogP contribution in [0.1, 0.15) is 24.9 Å². The van der Waals surface area contributed by atoms with Gasteiger partial charge in [-0.05, 0) is 26.5 Å². The number of halogens is 1. The molecule has 1 unspecified atom stereocenters. The summed E-state index contributed by atoms with van der Waals surface area (Å²) in [6.07, 6.45) is 0.661. The topological polar surface area (TPSA) is 52.6 Å². The summed E-state index contributed by atoms with van der Waals surface area (Å²) in [6.45, 7) is 3.08. The van der Waals surface area contributed by atoms with Crippen molar-refractivity contribution in [3.05, 3.63) is 35.6 Å². The molecule has 0 aromatic heterocycles. The Morgan fingerprint density at radius 3 is 2.71 bits per heavy atom. The van der Waals surface area contributed by atoms with E-state index in [0.29, 0.717) is 25.1 Å². The van der Waals surface area contributed by atoms with Crippen molar-refractivity contribution >= 4 is 11.9 Å². The Hall–Kier alpha value is -1.95. The van der Waals surface area contributed by atoms with Gasteiger partial charge in [-0.25, -0.2) is 9.18 Å². The molecule has 1 aliphatic rings. The second kappa shape index (κ2) is 6.67. The van der Waals surface area contributed by atoms with E-state index in [4.69, 9.17) is 0 Å². The molecule has 21 heavy (non-hydrogen) atoms. The number of imide groups is 1. The molecule has 0 aliphatic carbocycles. The third kappa shape index (κ3) is 3.58. The molecule has 0 spiro atoms. The molecular weight excluding hydrogens is 273 g/mol. The Morgan fingerprint density at radius 2 is 2.10 bits per heavy atom. The van der Waals surface area contributed by atoms with Gasteiger partial charge in [0.05, 0.1) is 6.54 Å². The largest absolute Gasteiger partial charge is 0.329 e. The predicted octanol–water partition coefficient (Wildman–Crippen LogP) is 1.76. The SMILES string of the molecule is CC(c1ccccc1F)N(C)CCCN1C(=O)CNC1=O. The number of amides is 3. The second-order valence-electron chi connectivity index (χ2n) is 5.24. The molecule has 1 aromatic rings. The minimum absolute atomic E-state index is 0.0608. The van der Waals surface area contributed by atoms with Crippen LogP contribution in [0.3, 0.4) is 0 Å². The van der Waals surface area contributed by atoms with Crippen LogP contribution < -0.4 is 5.32 Å². The first-order valence-corrected chi connectivity index (χ1v) is 7.03. The van der Waals surface area contributed by atoms with Crippen molar-refractivity contribution in [1.82, 2.24) is 15.1 Å². The van der Waals surface area contributed by atoms with Crippen LogP contribution >= 0.6 is 0 Å². The lowest BCUT2D eigenvalue weighted by atomic mass is 10.1. The Morgan fingerprint density at radius 1 is 1.38 bits per heavy atom. The number of nitrogens with one attached hydrogen (secondary N) is 1. The zero-order valence-electron chi connectivity index (χ0n) is 12.3. The van der Waals surface area contributed by atoms with E-state index in [9.17, 15) is 14.0 Å². The van der Waals surface area contributed by atoms with Crippen LogP contribution in [-0.2, 0) is 4.79 Å². The van der Waals surface area contributed by atoms with Gasteiger partial charge in [-0.3, -0.25) is 14.6 Å². The highest BCUT2D eigenvalue weighted by molar-refractivity contribution is 6.01. The maximum Gasteiger partial charge on any atom is 0.324 e. The van der Waals surface area contributed by atoms with E-state index in [1.807, 2.05) is 24.9 Å². The Labute approximate surface area is 123 Å². The molecule has 0 saturated carbocycles. The summed E-state index contributed by atoms with van der Waals surface area (Å²) < 4.78 is 13.7. The third-order valence-electron chi connectivity index (χ3n) is 3.85. The van der Waals surface area contributed by atoms with E-state index in [1.54, 1.807) is 12.1 Å². The summed E-state index contributed by atoms with van der Waals surface area (Å²) >= 11 is 0. The quantitative estimate of drug-likeness (QED) is 0.813. The normalized spacial score (nSPS) is 16.5. The number of carbonyl (C=O) groups excluding carboxylic acids is 2. The van der Waals surface area contributed by atoms with Crippen LogP contribution in [0.25, 0.3) is 0 Å². The van der Waals surface area contributed by atoms with Crippen LogP contribution in [0, 0.1) is 5.82 Å². The summed E-state index contributed by atoms with van der Waals surface area (Å²) in [5.41, 5.74) is 0.648. The van der Waals surface area contributed by atoms with Gasteiger partial charge in [-0.15, -0.1) is 0 Å². The fourth-order valence-electron chi connectivity index (χ4n) is 2.40. The Kier molecular flexibility index (Phi) is 4.90. The van der Waals surface area contributed by atoms with E-state index < -0.39 is 0 Å². The van der Waals surface area contributed by atoms with Gasteiger partial charge in [0, 0.05) is 24.7 Å². The van der Waals surface area contributed by atoms with Crippen LogP contribution in [0.15, 0.2) is 24.3 Å². The zero-order valence-corrected chi connectivity index (χ0v) is 12.3. The molecule has 1 heterocycles. The van der Waals surface area contributed by atoms with Gasteiger partial charge in [0.15, 0.2) is 0 Å². The van der Waals surface area contributed by atoms with Gasteiger partial charge in [0.1, 0.15) is 5.82 Å². The maximum absolute atomic E-state index is 13.7. The minimum atomic E-state index is -0.329. The third-order valence-corrected chi connectivity index (χ3v) is 3.85. The highest BCUT2D eigenvalue weighted by Gasteiger charge is 2.27. The minimum Gasteiger partial charge on any atom is -0.329 e. The molecule has 1 saturated heterocycles. The molecule has 1 fully saturated rings. The van der Waals surface area contributed by atoms with Crippen molar-refractivity contribution in [1.29, 1.82) is 0 Å². The van der Waals surface area contributed by atoms with Gasteiger partial charge < -0.3 is 5.32 Å². The van der Waals surface area contributed by atoms with Crippen molar-refractivity contribution < 1.29 is 14.0 Å². The summed E-state index contributed by atoms with van der Waals surface area (Å²) in [5.74, 6) is -0.407.